The van der Waals surface area contributed by atoms with Gasteiger partial charge in [-0.25, -0.2) is 0 Å². The van der Waals surface area contributed by atoms with Crippen LogP contribution >= 0.6 is 0 Å². The average molecular weight is 603 g/mol. The molecule has 2 heterocycles. The van der Waals surface area contributed by atoms with E-state index in [1.807, 2.05) is 12.3 Å². The summed E-state index contributed by atoms with van der Waals surface area (Å²) in [5, 5.41) is 8.55. The van der Waals surface area contributed by atoms with Crippen molar-refractivity contribution in [3.63, 3.8) is 0 Å². The van der Waals surface area contributed by atoms with Gasteiger partial charge in [-0.2, -0.15) is 0 Å². The van der Waals surface area contributed by atoms with E-state index < -0.39 is 0 Å². The van der Waals surface area contributed by atoms with Crippen molar-refractivity contribution in [3.8, 4) is 22.4 Å². The fraction of sp³-hybridized carbons (Fsp3) is 0.439. The van der Waals surface area contributed by atoms with E-state index >= 15 is 0 Å². The summed E-state index contributed by atoms with van der Waals surface area (Å²) in [6.45, 7) is 17.9. The molecule has 0 bridgehead atoms. The molecule has 1 fully saturated rings. The van der Waals surface area contributed by atoms with Crippen LogP contribution in [0.15, 0.2) is 85.7 Å². The lowest BCUT2D eigenvalue weighted by Crippen LogP contribution is -2.42. The number of aryl methyl sites for hydroxylation is 1. The van der Waals surface area contributed by atoms with E-state index in [4.69, 9.17) is 4.98 Å². The first-order valence-corrected chi connectivity index (χ1v) is 17.2. The summed E-state index contributed by atoms with van der Waals surface area (Å²) < 4.78 is 0. The molecular formula is C41H54N4. The molecule has 3 N–H and O–H groups in total. The third-order valence-corrected chi connectivity index (χ3v) is 9.91. The molecule has 0 aliphatic heterocycles. The summed E-state index contributed by atoms with van der Waals surface area (Å²) >= 11 is 0. The fourth-order valence-corrected chi connectivity index (χ4v) is 7.67. The number of hydrogen-bond acceptors (Lipinski definition) is 3. The second-order valence-corrected chi connectivity index (χ2v) is 13.9. The third-order valence-electron chi connectivity index (χ3n) is 9.91. The first kappa shape index (κ1) is 32.8. The zero-order valence-electron chi connectivity index (χ0n) is 28.3. The van der Waals surface area contributed by atoms with Crippen LogP contribution in [0.4, 0.5) is 0 Å². The summed E-state index contributed by atoms with van der Waals surface area (Å²) in [5.74, 6) is 0.664. The van der Waals surface area contributed by atoms with Crippen molar-refractivity contribution in [2.75, 3.05) is 7.05 Å². The summed E-state index contributed by atoms with van der Waals surface area (Å²) in [6.07, 6.45) is 14.3. The molecule has 4 aromatic rings. The predicted octanol–water partition coefficient (Wildman–Crippen LogP) is 9.81. The molecule has 4 nitrogen and oxygen atoms in total. The number of aromatic nitrogens is 2. The quantitative estimate of drug-likeness (QED) is 0.119. The Hall–Kier alpha value is -3.63. The summed E-state index contributed by atoms with van der Waals surface area (Å²) in [4.78, 5) is 8.56. The number of aromatic amines is 1. The van der Waals surface area contributed by atoms with Crippen molar-refractivity contribution in [2.24, 2.45) is 11.3 Å². The van der Waals surface area contributed by atoms with Gasteiger partial charge in [-0.1, -0.05) is 89.9 Å². The van der Waals surface area contributed by atoms with Crippen molar-refractivity contribution in [1.82, 2.24) is 20.6 Å². The van der Waals surface area contributed by atoms with E-state index in [-0.39, 0.29) is 11.5 Å². The minimum absolute atomic E-state index is 0.124. The molecule has 2 unspecified atom stereocenters. The second-order valence-electron chi connectivity index (χ2n) is 13.9. The lowest BCUT2D eigenvalue weighted by Gasteiger charge is -2.28. The minimum Gasteiger partial charge on any atom is -0.381 e. The van der Waals surface area contributed by atoms with Crippen LogP contribution in [0.5, 0.6) is 0 Å². The van der Waals surface area contributed by atoms with Crippen molar-refractivity contribution < 1.29 is 0 Å². The number of pyridine rings is 1. The lowest BCUT2D eigenvalue weighted by atomic mass is 9.80. The van der Waals surface area contributed by atoms with Gasteiger partial charge in [-0.3, -0.25) is 4.98 Å². The predicted molar refractivity (Wildman–Crippen MR) is 194 cm³/mol. The Balaban J connectivity index is 1.45. The maximum Gasteiger partial charge on any atom is 0.0516 e. The van der Waals surface area contributed by atoms with Crippen LogP contribution in [-0.2, 0) is 19.3 Å². The van der Waals surface area contributed by atoms with Gasteiger partial charge >= 0.3 is 0 Å². The van der Waals surface area contributed by atoms with Crippen LogP contribution in [0, 0.1) is 11.3 Å². The number of H-pyrrole nitrogens is 1. The molecule has 5 rings (SSSR count). The Morgan fingerprint density at radius 2 is 1.84 bits per heavy atom. The van der Waals surface area contributed by atoms with Gasteiger partial charge in [0.1, 0.15) is 0 Å². The van der Waals surface area contributed by atoms with Crippen molar-refractivity contribution in [3.05, 3.63) is 103 Å². The van der Waals surface area contributed by atoms with Gasteiger partial charge < -0.3 is 15.6 Å². The average Bonchev–Trinajstić information content (AvgIpc) is 3.69. The standard InChI is InChI=1S/C41H54N4/c1-8-22-41(5,6)27-36-35-26-32(20-21-38(35)45-40(36)34-19-14-23-43-37(34)10-3)31-18-13-15-29(24-31)25-33(9-2)44-28(4)39(42-7)30-16-11-12-17-30/h9,13-15,18-21,23-24,26,30,33,39,42,44-45H,2,4,8,10-12,16-17,22,25,27H2,1,3,5-7H3. The van der Waals surface area contributed by atoms with Crippen LogP contribution < -0.4 is 10.6 Å². The molecule has 0 radical (unpaired) electrons. The number of nitrogens with one attached hydrogen (secondary N) is 3. The van der Waals surface area contributed by atoms with Crippen LogP contribution in [-0.4, -0.2) is 29.1 Å². The molecule has 0 spiro atoms. The van der Waals surface area contributed by atoms with E-state index in [2.05, 4.69) is 118 Å². The molecule has 1 aliphatic carbocycles. The summed E-state index contributed by atoms with van der Waals surface area (Å²) in [6, 6.07) is 20.6. The topological polar surface area (TPSA) is 52.7 Å². The molecule has 2 aromatic heterocycles. The summed E-state index contributed by atoms with van der Waals surface area (Å²) in [7, 11) is 2.06. The lowest BCUT2D eigenvalue weighted by molar-refractivity contribution is 0.330. The van der Waals surface area contributed by atoms with Crippen molar-refractivity contribution in [1.29, 1.82) is 0 Å². The molecule has 1 aliphatic rings. The first-order valence-electron chi connectivity index (χ1n) is 17.2. The Labute approximate surface area is 271 Å². The van der Waals surface area contributed by atoms with Gasteiger partial charge in [-0.05, 0) is 103 Å². The number of rotatable bonds is 15. The molecular weight excluding hydrogens is 548 g/mol. The van der Waals surface area contributed by atoms with E-state index in [1.165, 1.54) is 82.9 Å². The normalized spacial score (nSPS) is 15.3. The molecule has 4 heteroatoms. The molecule has 2 aromatic carbocycles. The van der Waals surface area contributed by atoms with Crippen LogP contribution in [0.2, 0.25) is 0 Å². The highest BCUT2D eigenvalue weighted by Gasteiger charge is 2.27. The van der Waals surface area contributed by atoms with E-state index in [0.717, 1.165) is 30.7 Å². The van der Waals surface area contributed by atoms with E-state index in [1.54, 1.807) is 0 Å². The number of nitrogens with zero attached hydrogens (tertiary/aromatic N) is 1. The van der Waals surface area contributed by atoms with Gasteiger partial charge in [0.25, 0.3) is 0 Å². The first-order chi connectivity index (χ1) is 21.8. The Bertz CT molecular complexity index is 1600. The molecule has 2 atom stereocenters. The van der Waals surface area contributed by atoms with Gasteiger partial charge in [0.2, 0.25) is 0 Å². The number of likely N-dealkylation sites (N-methyl/N-ethyl adjacent to an activating group) is 1. The van der Waals surface area contributed by atoms with Gasteiger partial charge in [0, 0.05) is 46.1 Å². The van der Waals surface area contributed by atoms with Crippen LogP contribution in [0.1, 0.15) is 83.0 Å². The van der Waals surface area contributed by atoms with Gasteiger partial charge in [-0.15, -0.1) is 6.58 Å². The molecule has 1 saturated carbocycles. The highest BCUT2D eigenvalue weighted by molar-refractivity contribution is 5.94. The number of fused-ring (bicyclic) bond motifs is 1. The summed E-state index contributed by atoms with van der Waals surface area (Å²) in [5.41, 5.74) is 11.2. The van der Waals surface area contributed by atoms with E-state index in [9.17, 15) is 0 Å². The van der Waals surface area contributed by atoms with Gasteiger partial charge in [0.05, 0.1) is 5.69 Å². The smallest absolute Gasteiger partial charge is 0.0516 e. The van der Waals surface area contributed by atoms with Crippen molar-refractivity contribution >= 4 is 10.9 Å². The molecule has 45 heavy (non-hydrogen) atoms. The highest BCUT2D eigenvalue weighted by atomic mass is 15.0. The Morgan fingerprint density at radius 3 is 2.56 bits per heavy atom. The largest absolute Gasteiger partial charge is 0.381 e. The van der Waals surface area contributed by atoms with E-state index in [0.29, 0.717) is 12.0 Å². The zero-order chi connectivity index (χ0) is 32.0. The fourth-order valence-electron chi connectivity index (χ4n) is 7.67. The Kier molecular flexibility index (Phi) is 10.7. The van der Waals surface area contributed by atoms with Crippen LogP contribution in [0.25, 0.3) is 33.3 Å². The maximum absolute atomic E-state index is 4.73. The molecule has 238 valence electrons. The zero-order valence-corrected chi connectivity index (χ0v) is 28.3. The number of hydrogen-bond donors (Lipinski definition) is 3. The highest BCUT2D eigenvalue weighted by Crippen LogP contribution is 2.39. The Morgan fingerprint density at radius 1 is 1.07 bits per heavy atom. The van der Waals surface area contributed by atoms with Crippen molar-refractivity contribution in [2.45, 2.75) is 97.6 Å². The third kappa shape index (κ3) is 7.61. The minimum atomic E-state index is 0.124. The SMILES string of the molecule is C=CC(Cc1cccc(-c2ccc3[nH]c(-c4cccnc4CC)c(CC(C)(C)CCC)c3c2)c1)NC(=C)C(NC)C1CCCC1. The molecule has 0 amide bonds. The monoisotopic (exact) mass is 602 g/mol. The maximum atomic E-state index is 4.73. The second kappa shape index (κ2) is 14.6. The van der Waals surface area contributed by atoms with Gasteiger partial charge in [0.15, 0.2) is 0 Å². The molecule has 0 saturated heterocycles. The van der Waals surface area contributed by atoms with Crippen LogP contribution in [0.3, 0.4) is 0 Å². The number of benzene rings is 2.